The van der Waals surface area contributed by atoms with Crippen LogP contribution in [-0.4, -0.2) is 34.7 Å². The van der Waals surface area contributed by atoms with E-state index in [4.69, 9.17) is 5.73 Å². The standard InChI is InChI=1S/C18H23N5O2/c1-12-10-16(22(2)21-12)18(25)20-13-6-7-14(17(19)24)15(11-13)23-8-4-3-5-9-23/h6-7,10-11H,3-5,8-9H2,1-2H3,(H2,19,24)(H,20,25). The number of primary amides is 1. The summed E-state index contributed by atoms with van der Waals surface area (Å²) in [4.78, 5) is 26.4. The van der Waals surface area contributed by atoms with E-state index in [0.717, 1.165) is 37.3 Å². The Morgan fingerprint density at radius 3 is 2.48 bits per heavy atom. The summed E-state index contributed by atoms with van der Waals surface area (Å²) < 4.78 is 1.55. The molecule has 0 radical (unpaired) electrons. The maximum atomic E-state index is 12.5. The van der Waals surface area contributed by atoms with Crippen LogP contribution in [0.25, 0.3) is 0 Å². The minimum atomic E-state index is -0.458. The van der Waals surface area contributed by atoms with E-state index in [9.17, 15) is 9.59 Å². The van der Waals surface area contributed by atoms with E-state index in [0.29, 0.717) is 16.9 Å². The van der Waals surface area contributed by atoms with Crippen LogP contribution in [0.1, 0.15) is 45.8 Å². The van der Waals surface area contributed by atoms with Crippen LogP contribution < -0.4 is 16.0 Å². The lowest BCUT2D eigenvalue weighted by atomic mass is 10.1. The number of aromatic nitrogens is 2. The fourth-order valence-electron chi connectivity index (χ4n) is 3.23. The lowest BCUT2D eigenvalue weighted by molar-refractivity contribution is 0.0997. The molecule has 0 aliphatic carbocycles. The molecule has 1 aliphatic heterocycles. The van der Waals surface area contributed by atoms with Gasteiger partial charge in [-0.05, 0) is 50.5 Å². The smallest absolute Gasteiger partial charge is 0.273 e. The number of amides is 2. The number of hydrogen-bond donors (Lipinski definition) is 2. The number of piperidine rings is 1. The maximum Gasteiger partial charge on any atom is 0.273 e. The number of aryl methyl sites for hydroxylation is 2. The van der Waals surface area contributed by atoms with Crippen LogP contribution in [0, 0.1) is 6.92 Å². The van der Waals surface area contributed by atoms with Crippen LogP contribution in [-0.2, 0) is 7.05 Å². The first-order valence-electron chi connectivity index (χ1n) is 8.46. The third-order valence-electron chi connectivity index (χ3n) is 4.45. The van der Waals surface area contributed by atoms with Crippen LogP contribution in [0.2, 0.25) is 0 Å². The molecule has 2 amide bonds. The number of benzene rings is 1. The molecule has 7 nitrogen and oxygen atoms in total. The maximum absolute atomic E-state index is 12.5. The fraction of sp³-hybridized carbons (Fsp3) is 0.389. The quantitative estimate of drug-likeness (QED) is 0.890. The number of hydrogen-bond acceptors (Lipinski definition) is 4. The van der Waals surface area contributed by atoms with Crippen molar-refractivity contribution in [3.8, 4) is 0 Å². The molecule has 3 N–H and O–H groups in total. The molecular weight excluding hydrogens is 318 g/mol. The van der Waals surface area contributed by atoms with Gasteiger partial charge in [-0.25, -0.2) is 0 Å². The lowest BCUT2D eigenvalue weighted by Gasteiger charge is -2.30. The van der Waals surface area contributed by atoms with Gasteiger partial charge in [-0.3, -0.25) is 14.3 Å². The normalized spacial score (nSPS) is 14.4. The van der Waals surface area contributed by atoms with E-state index in [-0.39, 0.29) is 5.91 Å². The number of nitrogens with zero attached hydrogens (tertiary/aromatic N) is 3. The Bertz CT molecular complexity index is 806. The van der Waals surface area contributed by atoms with Crippen LogP contribution in [0.3, 0.4) is 0 Å². The highest BCUT2D eigenvalue weighted by Crippen LogP contribution is 2.27. The van der Waals surface area contributed by atoms with Crippen molar-refractivity contribution < 1.29 is 9.59 Å². The Morgan fingerprint density at radius 1 is 1.16 bits per heavy atom. The van der Waals surface area contributed by atoms with Gasteiger partial charge in [0.05, 0.1) is 16.9 Å². The molecule has 0 bridgehead atoms. The van der Waals surface area contributed by atoms with Gasteiger partial charge in [0, 0.05) is 25.8 Å². The van der Waals surface area contributed by atoms with Gasteiger partial charge in [-0.2, -0.15) is 5.10 Å². The van der Waals surface area contributed by atoms with Crippen molar-refractivity contribution in [1.29, 1.82) is 0 Å². The molecule has 7 heteroatoms. The molecule has 0 unspecified atom stereocenters. The average molecular weight is 341 g/mol. The van der Waals surface area contributed by atoms with Crippen molar-refractivity contribution in [2.24, 2.45) is 12.8 Å². The van der Waals surface area contributed by atoms with Gasteiger partial charge >= 0.3 is 0 Å². The van der Waals surface area contributed by atoms with Gasteiger partial charge in [-0.1, -0.05) is 0 Å². The van der Waals surface area contributed by atoms with Gasteiger partial charge in [0.2, 0.25) is 0 Å². The van der Waals surface area contributed by atoms with E-state index in [1.807, 2.05) is 13.0 Å². The highest BCUT2D eigenvalue weighted by Gasteiger charge is 2.19. The first-order chi connectivity index (χ1) is 12.0. The Morgan fingerprint density at radius 2 is 1.88 bits per heavy atom. The van der Waals surface area contributed by atoms with E-state index in [1.54, 1.807) is 29.9 Å². The number of anilines is 2. The van der Waals surface area contributed by atoms with Crippen molar-refractivity contribution in [3.63, 3.8) is 0 Å². The summed E-state index contributed by atoms with van der Waals surface area (Å²) in [6, 6.07) is 6.94. The van der Waals surface area contributed by atoms with Crippen molar-refractivity contribution in [1.82, 2.24) is 9.78 Å². The van der Waals surface area contributed by atoms with Crippen molar-refractivity contribution in [3.05, 3.63) is 41.2 Å². The van der Waals surface area contributed by atoms with Gasteiger partial charge in [0.25, 0.3) is 11.8 Å². The van der Waals surface area contributed by atoms with Crippen LogP contribution in [0.15, 0.2) is 24.3 Å². The summed E-state index contributed by atoms with van der Waals surface area (Å²) in [5.41, 5.74) is 8.69. The molecule has 1 fully saturated rings. The topological polar surface area (TPSA) is 93.2 Å². The minimum absolute atomic E-state index is 0.237. The zero-order valence-electron chi connectivity index (χ0n) is 14.6. The van der Waals surface area contributed by atoms with E-state index in [1.165, 1.54) is 6.42 Å². The second-order valence-electron chi connectivity index (χ2n) is 6.39. The van der Waals surface area contributed by atoms with Crippen LogP contribution in [0.5, 0.6) is 0 Å². The van der Waals surface area contributed by atoms with E-state index in [2.05, 4.69) is 15.3 Å². The monoisotopic (exact) mass is 341 g/mol. The van der Waals surface area contributed by atoms with Crippen LogP contribution in [0.4, 0.5) is 11.4 Å². The molecule has 1 aromatic heterocycles. The van der Waals surface area contributed by atoms with Crippen LogP contribution >= 0.6 is 0 Å². The predicted octanol–water partition coefficient (Wildman–Crippen LogP) is 2.07. The highest BCUT2D eigenvalue weighted by molar-refractivity contribution is 6.05. The Labute approximate surface area is 146 Å². The average Bonchev–Trinajstić information content (AvgIpc) is 2.94. The molecule has 3 rings (SSSR count). The minimum Gasteiger partial charge on any atom is -0.371 e. The highest BCUT2D eigenvalue weighted by atomic mass is 16.2. The summed E-state index contributed by atoms with van der Waals surface area (Å²) in [5.74, 6) is -0.694. The first kappa shape index (κ1) is 17.0. The SMILES string of the molecule is Cc1cc(C(=O)Nc2ccc(C(N)=O)c(N3CCCCC3)c2)n(C)n1. The number of carbonyl (C=O) groups is 2. The molecule has 132 valence electrons. The summed E-state index contributed by atoms with van der Waals surface area (Å²) in [6.07, 6.45) is 3.37. The molecule has 2 heterocycles. The molecular formula is C18H23N5O2. The van der Waals surface area contributed by atoms with Crippen molar-refractivity contribution >= 4 is 23.2 Å². The molecule has 0 saturated carbocycles. The summed E-state index contributed by atoms with van der Waals surface area (Å²) in [7, 11) is 1.73. The zero-order chi connectivity index (χ0) is 18.0. The summed E-state index contributed by atoms with van der Waals surface area (Å²) in [5, 5.41) is 7.07. The number of nitrogens with one attached hydrogen (secondary N) is 1. The number of carbonyl (C=O) groups excluding carboxylic acids is 2. The summed E-state index contributed by atoms with van der Waals surface area (Å²) >= 11 is 0. The van der Waals surface area contributed by atoms with E-state index >= 15 is 0 Å². The Hall–Kier alpha value is -2.83. The van der Waals surface area contributed by atoms with Crippen molar-refractivity contribution in [2.45, 2.75) is 26.2 Å². The van der Waals surface area contributed by atoms with Crippen molar-refractivity contribution in [2.75, 3.05) is 23.3 Å². The Kier molecular flexibility index (Phi) is 4.74. The van der Waals surface area contributed by atoms with Gasteiger partial charge in [0.1, 0.15) is 5.69 Å². The molecule has 0 atom stereocenters. The first-order valence-corrected chi connectivity index (χ1v) is 8.46. The Balaban J connectivity index is 1.88. The second kappa shape index (κ2) is 6.96. The lowest BCUT2D eigenvalue weighted by Crippen LogP contribution is -2.31. The molecule has 2 aromatic rings. The largest absolute Gasteiger partial charge is 0.371 e. The van der Waals surface area contributed by atoms with E-state index < -0.39 is 5.91 Å². The fourth-order valence-corrected chi connectivity index (χ4v) is 3.23. The second-order valence-corrected chi connectivity index (χ2v) is 6.39. The molecule has 25 heavy (non-hydrogen) atoms. The molecule has 1 aliphatic rings. The third kappa shape index (κ3) is 3.65. The van der Waals surface area contributed by atoms with Gasteiger partial charge in [-0.15, -0.1) is 0 Å². The molecule has 1 aromatic carbocycles. The molecule has 1 saturated heterocycles. The molecule has 0 spiro atoms. The third-order valence-corrected chi connectivity index (χ3v) is 4.45. The predicted molar refractivity (Wildman–Crippen MR) is 96.9 cm³/mol. The van der Waals surface area contributed by atoms with Gasteiger partial charge in [0.15, 0.2) is 0 Å². The number of nitrogens with two attached hydrogens (primary N) is 1. The summed E-state index contributed by atoms with van der Waals surface area (Å²) in [6.45, 7) is 3.62. The van der Waals surface area contributed by atoms with Gasteiger partial charge < -0.3 is 16.0 Å². The zero-order valence-corrected chi connectivity index (χ0v) is 14.6. The number of rotatable bonds is 4.